The Morgan fingerprint density at radius 1 is 1.05 bits per heavy atom. The van der Waals surface area contributed by atoms with Crippen molar-refractivity contribution in [2.24, 2.45) is 5.92 Å². The van der Waals surface area contributed by atoms with E-state index in [0.717, 1.165) is 44.6 Å². The number of carboxylic acids is 1. The van der Waals surface area contributed by atoms with Crippen LogP contribution in [-0.2, 0) is 9.59 Å². The lowest BCUT2D eigenvalue weighted by Gasteiger charge is -2.33. The molecule has 0 bridgehead atoms. The van der Waals surface area contributed by atoms with Crippen LogP contribution < -0.4 is 0 Å². The monoisotopic (exact) mass is 266 g/mol. The minimum Gasteiger partial charge on any atom is -0.478 e. The molecule has 2 fully saturated rings. The Bertz CT molecular complexity index is 354. The maximum absolute atomic E-state index is 11.7. The molecule has 1 N–H and O–H groups in total. The second kappa shape index (κ2) is 6.70. The smallest absolute Gasteiger partial charge is 0.328 e. The van der Waals surface area contributed by atoms with Gasteiger partial charge in [0.15, 0.2) is 0 Å². The topological polar surface area (TPSA) is 60.9 Å². The van der Waals surface area contributed by atoms with Gasteiger partial charge in [-0.3, -0.25) is 4.79 Å². The number of nitrogens with zero attached hydrogens (tertiary/aromatic N) is 2. The molecule has 0 atom stereocenters. The van der Waals surface area contributed by atoms with Crippen LogP contribution in [0.4, 0.5) is 0 Å². The molecule has 0 spiro atoms. The molecule has 5 nitrogen and oxygen atoms in total. The van der Waals surface area contributed by atoms with Crippen molar-refractivity contribution in [3.8, 4) is 0 Å². The van der Waals surface area contributed by atoms with Crippen molar-refractivity contribution in [2.45, 2.75) is 25.7 Å². The van der Waals surface area contributed by atoms with Gasteiger partial charge in [-0.2, -0.15) is 0 Å². The molecule has 1 amide bonds. The predicted octanol–water partition coefficient (Wildman–Crippen LogP) is 0.962. The lowest BCUT2D eigenvalue weighted by atomic mass is 9.96. The average molecular weight is 266 g/mol. The molecule has 2 saturated heterocycles. The Hall–Kier alpha value is -1.36. The molecule has 0 radical (unpaired) electrons. The van der Waals surface area contributed by atoms with Crippen LogP contribution in [0.1, 0.15) is 25.7 Å². The highest BCUT2D eigenvalue weighted by atomic mass is 16.4. The number of piperidine rings is 1. The van der Waals surface area contributed by atoms with E-state index in [1.54, 1.807) is 4.90 Å². The molecule has 0 unspecified atom stereocenters. The van der Waals surface area contributed by atoms with Crippen molar-refractivity contribution in [3.05, 3.63) is 12.2 Å². The van der Waals surface area contributed by atoms with Gasteiger partial charge in [0.25, 0.3) is 0 Å². The van der Waals surface area contributed by atoms with E-state index < -0.39 is 5.97 Å². The van der Waals surface area contributed by atoms with E-state index in [0.29, 0.717) is 5.92 Å². The molecule has 2 aliphatic rings. The van der Waals surface area contributed by atoms with Gasteiger partial charge in [0, 0.05) is 31.8 Å². The molecule has 0 aliphatic carbocycles. The normalized spacial score (nSPS) is 22.2. The molecule has 106 valence electrons. The molecule has 5 heteroatoms. The molecule has 0 aromatic carbocycles. The lowest BCUT2D eigenvalue weighted by Crippen LogP contribution is -2.40. The molecule has 2 heterocycles. The summed E-state index contributed by atoms with van der Waals surface area (Å²) in [5.74, 6) is -0.565. The van der Waals surface area contributed by atoms with Gasteiger partial charge < -0.3 is 14.9 Å². The molecule has 2 rings (SSSR count). The zero-order valence-electron chi connectivity index (χ0n) is 11.3. The summed E-state index contributed by atoms with van der Waals surface area (Å²) < 4.78 is 0. The number of likely N-dealkylation sites (tertiary alicyclic amines) is 2. The number of rotatable bonds is 4. The van der Waals surface area contributed by atoms with Crippen LogP contribution in [0.5, 0.6) is 0 Å². The third kappa shape index (κ3) is 4.35. The Morgan fingerprint density at radius 3 is 2.26 bits per heavy atom. The van der Waals surface area contributed by atoms with Crippen LogP contribution in [0.25, 0.3) is 0 Å². The number of amides is 1. The summed E-state index contributed by atoms with van der Waals surface area (Å²) in [5, 5.41) is 8.50. The summed E-state index contributed by atoms with van der Waals surface area (Å²) in [6.45, 7) is 5.11. The summed E-state index contributed by atoms with van der Waals surface area (Å²) in [6, 6.07) is 0. The minimum atomic E-state index is -1.07. The summed E-state index contributed by atoms with van der Waals surface area (Å²) in [4.78, 5) is 26.4. The number of carboxylic acid groups (broad SMARTS) is 1. The summed E-state index contributed by atoms with van der Waals surface area (Å²) in [5.41, 5.74) is 0. The molecule has 0 aromatic rings. The van der Waals surface area contributed by atoms with E-state index in [2.05, 4.69) is 4.90 Å². The summed E-state index contributed by atoms with van der Waals surface area (Å²) in [7, 11) is 0. The van der Waals surface area contributed by atoms with E-state index in [1.165, 1.54) is 25.9 Å². The van der Waals surface area contributed by atoms with Crippen molar-refractivity contribution in [3.63, 3.8) is 0 Å². The fourth-order valence-electron chi connectivity index (χ4n) is 2.91. The van der Waals surface area contributed by atoms with Crippen LogP contribution in [-0.4, -0.2) is 59.5 Å². The SMILES string of the molecule is O=C(O)/C=C/C(=O)N1CCC(CN2CCCC2)CC1. The van der Waals surface area contributed by atoms with Crippen molar-refractivity contribution in [1.82, 2.24) is 9.80 Å². The highest BCUT2D eigenvalue weighted by Crippen LogP contribution is 2.20. The number of hydrogen-bond donors (Lipinski definition) is 1. The molecule has 19 heavy (non-hydrogen) atoms. The molecular weight excluding hydrogens is 244 g/mol. The third-order valence-corrected chi connectivity index (χ3v) is 4.01. The van der Waals surface area contributed by atoms with E-state index in [1.807, 2.05) is 0 Å². The Morgan fingerprint density at radius 2 is 1.68 bits per heavy atom. The number of carbonyl (C=O) groups excluding carboxylic acids is 1. The van der Waals surface area contributed by atoms with Crippen LogP contribution in [0.3, 0.4) is 0 Å². The van der Waals surface area contributed by atoms with Crippen LogP contribution in [0, 0.1) is 5.92 Å². The third-order valence-electron chi connectivity index (χ3n) is 4.01. The highest BCUT2D eigenvalue weighted by Gasteiger charge is 2.24. The summed E-state index contributed by atoms with van der Waals surface area (Å²) >= 11 is 0. The van der Waals surface area contributed by atoms with Crippen molar-refractivity contribution < 1.29 is 14.7 Å². The van der Waals surface area contributed by atoms with Gasteiger partial charge in [0.1, 0.15) is 0 Å². The number of carbonyl (C=O) groups is 2. The van der Waals surface area contributed by atoms with Gasteiger partial charge in [-0.15, -0.1) is 0 Å². The molecule has 0 aromatic heterocycles. The van der Waals surface area contributed by atoms with E-state index in [4.69, 9.17) is 5.11 Å². The largest absolute Gasteiger partial charge is 0.478 e. The number of hydrogen-bond acceptors (Lipinski definition) is 3. The zero-order valence-corrected chi connectivity index (χ0v) is 11.3. The van der Waals surface area contributed by atoms with Gasteiger partial charge >= 0.3 is 5.97 Å². The Labute approximate surface area is 113 Å². The zero-order chi connectivity index (χ0) is 13.7. The van der Waals surface area contributed by atoms with Gasteiger partial charge in [-0.1, -0.05) is 0 Å². The maximum atomic E-state index is 11.7. The second-order valence-electron chi connectivity index (χ2n) is 5.45. The number of aliphatic carboxylic acids is 1. The summed E-state index contributed by atoms with van der Waals surface area (Å²) in [6.07, 6.45) is 6.77. The minimum absolute atomic E-state index is 0.179. The second-order valence-corrected chi connectivity index (χ2v) is 5.45. The fourth-order valence-corrected chi connectivity index (χ4v) is 2.91. The first-order valence-electron chi connectivity index (χ1n) is 7.07. The van der Waals surface area contributed by atoms with Gasteiger partial charge in [-0.05, 0) is 44.7 Å². The van der Waals surface area contributed by atoms with E-state index in [9.17, 15) is 9.59 Å². The first-order valence-corrected chi connectivity index (χ1v) is 7.07. The van der Waals surface area contributed by atoms with Crippen molar-refractivity contribution in [1.29, 1.82) is 0 Å². The Balaban J connectivity index is 1.72. The van der Waals surface area contributed by atoms with Crippen LogP contribution >= 0.6 is 0 Å². The van der Waals surface area contributed by atoms with Crippen molar-refractivity contribution >= 4 is 11.9 Å². The molecule has 0 saturated carbocycles. The van der Waals surface area contributed by atoms with E-state index >= 15 is 0 Å². The van der Waals surface area contributed by atoms with Gasteiger partial charge in [0.05, 0.1) is 0 Å². The highest BCUT2D eigenvalue weighted by molar-refractivity contribution is 5.93. The van der Waals surface area contributed by atoms with Crippen LogP contribution in [0.2, 0.25) is 0 Å². The van der Waals surface area contributed by atoms with Gasteiger partial charge in [-0.25, -0.2) is 4.79 Å². The van der Waals surface area contributed by atoms with Gasteiger partial charge in [0.2, 0.25) is 5.91 Å². The average Bonchev–Trinajstić information content (AvgIpc) is 2.89. The molecular formula is C14H22N2O3. The molecule has 2 aliphatic heterocycles. The maximum Gasteiger partial charge on any atom is 0.328 e. The first kappa shape index (κ1) is 14.1. The lowest BCUT2D eigenvalue weighted by molar-refractivity contribution is -0.132. The quantitative estimate of drug-likeness (QED) is 0.770. The van der Waals surface area contributed by atoms with Crippen molar-refractivity contribution in [2.75, 3.05) is 32.7 Å². The Kier molecular flexibility index (Phi) is 4.96. The fraction of sp³-hybridized carbons (Fsp3) is 0.714. The first-order chi connectivity index (χ1) is 9.15. The standard InChI is InChI=1S/C14H22N2O3/c17-13(3-4-14(18)19)16-9-5-12(6-10-16)11-15-7-1-2-8-15/h3-4,12H,1-2,5-11H2,(H,18,19)/b4-3+. The predicted molar refractivity (Wildman–Crippen MR) is 71.8 cm³/mol. The van der Waals surface area contributed by atoms with Crippen LogP contribution in [0.15, 0.2) is 12.2 Å². The van der Waals surface area contributed by atoms with E-state index in [-0.39, 0.29) is 5.91 Å².